The smallest absolute Gasteiger partial charge is 0.130 e. The van der Waals surface area contributed by atoms with Crippen molar-refractivity contribution in [3.8, 4) is 0 Å². The van der Waals surface area contributed by atoms with Gasteiger partial charge in [-0.3, -0.25) is 0 Å². The van der Waals surface area contributed by atoms with Crippen LogP contribution in [-0.4, -0.2) is 22.0 Å². The minimum Gasteiger partial charge on any atom is -0.373 e. The Morgan fingerprint density at radius 1 is 1.15 bits per heavy atom. The minimum absolute atomic E-state index is 0.754. The van der Waals surface area contributed by atoms with E-state index >= 15 is 0 Å². The van der Waals surface area contributed by atoms with Crippen LogP contribution in [0.4, 0.5) is 5.82 Å². The van der Waals surface area contributed by atoms with Gasteiger partial charge in [-0.1, -0.05) is 19.1 Å². The van der Waals surface area contributed by atoms with E-state index < -0.39 is 0 Å². The summed E-state index contributed by atoms with van der Waals surface area (Å²) >= 11 is 1.73. The molecule has 0 spiro atoms. The molecule has 0 atom stereocenters. The number of anilines is 1. The number of para-hydroxylation sites is 1. The predicted octanol–water partition coefficient (Wildman–Crippen LogP) is 3.28. The van der Waals surface area contributed by atoms with Gasteiger partial charge < -0.3 is 5.32 Å². The zero-order valence-electron chi connectivity index (χ0n) is 11.6. The molecule has 20 heavy (non-hydrogen) atoms. The Kier molecular flexibility index (Phi) is 3.60. The van der Waals surface area contributed by atoms with Crippen molar-refractivity contribution < 1.29 is 0 Å². The highest BCUT2D eigenvalue weighted by atomic mass is 32.1. The van der Waals surface area contributed by atoms with E-state index in [0.717, 1.165) is 40.7 Å². The first-order valence-corrected chi connectivity index (χ1v) is 7.49. The minimum atomic E-state index is 0.754. The van der Waals surface area contributed by atoms with Gasteiger partial charge >= 0.3 is 0 Å². The van der Waals surface area contributed by atoms with Crippen LogP contribution in [0.25, 0.3) is 10.2 Å². The van der Waals surface area contributed by atoms with Gasteiger partial charge in [-0.15, -0.1) is 11.3 Å². The lowest BCUT2D eigenvalue weighted by Gasteiger charge is -2.05. The summed E-state index contributed by atoms with van der Waals surface area (Å²) in [6, 6.07) is 10.2. The molecule has 0 fully saturated rings. The van der Waals surface area contributed by atoms with E-state index in [4.69, 9.17) is 0 Å². The number of aromatic nitrogens is 3. The molecule has 0 aliphatic rings. The third-order valence-electron chi connectivity index (χ3n) is 3.07. The summed E-state index contributed by atoms with van der Waals surface area (Å²) in [6.07, 6.45) is 1.59. The fourth-order valence-electron chi connectivity index (χ4n) is 2.08. The molecule has 1 aromatic carbocycles. The number of thiazole rings is 1. The highest BCUT2D eigenvalue weighted by Gasteiger charge is 2.08. The van der Waals surface area contributed by atoms with Crippen molar-refractivity contribution in [1.29, 1.82) is 0 Å². The number of hydrogen-bond donors (Lipinski definition) is 1. The molecule has 2 heterocycles. The molecule has 0 aliphatic carbocycles. The Balaban J connectivity index is 1.93. The van der Waals surface area contributed by atoms with Gasteiger partial charge in [0.25, 0.3) is 0 Å². The third-order valence-corrected chi connectivity index (χ3v) is 4.10. The number of rotatable bonds is 4. The molecule has 0 saturated heterocycles. The number of aryl methyl sites for hydroxylation is 1. The van der Waals surface area contributed by atoms with Gasteiger partial charge in [0.15, 0.2) is 0 Å². The van der Waals surface area contributed by atoms with Crippen LogP contribution in [0.2, 0.25) is 0 Å². The third kappa shape index (κ3) is 2.63. The molecule has 2 aromatic heterocycles. The predicted molar refractivity (Wildman–Crippen MR) is 83.4 cm³/mol. The molecule has 0 aliphatic heterocycles. The molecule has 0 saturated carbocycles. The highest BCUT2D eigenvalue weighted by Crippen LogP contribution is 2.23. The summed E-state index contributed by atoms with van der Waals surface area (Å²) in [5.41, 5.74) is 2.08. The monoisotopic (exact) mass is 284 g/mol. The highest BCUT2D eigenvalue weighted by molar-refractivity contribution is 7.18. The molecule has 0 amide bonds. The topological polar surface area (TPSA) is 50.7 Å². The van der Waals surface area contributed by atoms with E-state index in [0.29, 0.717) is 0 Å². The first-order chi connectivity index (χ1) is 9.78. The molecule has 3 aromatic rings. The van der Waals surface area contributed by atoms with Gasteiger partial charge in [-0.05, 0) is 12.1 Å². The summed E-state index contributed by atoms with van der Waals surface area (Å²) < 4.78 is 1.22. The first kappa shape index (κ1) is 13.0. The number of nitrogens with one attached hydrogen (secondary N) is 1. The lowest BCUT2D eigenvalue weighted by atomic mass is 10.3. The molecule has 4 nitrogen and oxygen atoms in total. The molecule has 0 bridgehead atoms. The van der Waals surface area contributed by atoms with Crippen molar-refractivity contribution in [3.63, 3.8) is 0 Å². The van der Waals surface area contributed by atoms with Gasteiger partial charge in [-0.25, -0.2) is 15.0 Å². The molecule has 3 rings (SSSR count). The van der Waals surface area contributed by atoms with E-state index in [9.17, 15) is 0 Å². The molecule has 0 radical (unpaired) electrons. The fourth-order valence-corrected chi connectivity index (χ4v) is 3.06. The number of benzene rings is 1. The maximum atomic E-state index is 4.66. The van der Waals surface area contributed by atoms with E-state index in [1.165, 1.54) is 4.70 Å². The average molecular weight is 284 g/mol. The summed E-state index contributed by atoms with van der Waals surface area (Å²) in [5, 5.41) is 4.18. The second-order valence-corrected chi connectivity index (χ2v) is 5.63. The Labute approximate surface area is 121 Å². The van der Waals surface area contributed by atoms with Crippen LogP contribution >= 0.6 is 11.3 Å². The second-order valence-electron chi connectivity index (χ2n) is 4.52. The molecular weight excluding hydrogens is 268 g/mol. The van der Waals surface area contributed by atoms with Crippen LogP contribution < -0.4 is 5.32 Å². The van der Waals surface area contributed by atoms with Gasteiger partial charge in [0, 0.05) is 26.0 Å². The van der Waals surface area contributed by atoms with Gasteiger partial charge in [0.1, 0.15) is 11.6 Å². The lowest BCUT2D eigenvalue weighted by Crippen LogP contribution is -2.03. The van der Waals surface area contributed by atoms with Crippen molar-refractivity contribution in [2.75, 3.05) is 12.4 Å². The van der Waals surface area contributed by atoms with Crippen LogP contribution in [0, 0.1) is 0 Å². The second kappa shape index (κ2) is 5.54. The van der Waals surface area contributed by atoms with Crippen molar-refractivity contribution in [1.82, 2.24) is 15.0 Å². The standard InChI is InChI=1S/C15H16N4S/c1-3-13-17-10(8-14(16-2)19-13)9-15-18-11-6-4-5-7-12(11)20-15/h4-8H,3,9H2,1-2H3,(H,16,17,19). The Hall–Kier alpha value is -2.01. The quantitative estimate of drug-likeness (QED) is 0.799. The Morgan fingerprint density at radius 3 is 2.75 bits per heavy atom. The van der Waals surface area contributed by atoms with E-state index in [1.807, 2.05) is 31.3 Å². The summed E-state index contributed by atoms with van der Waals surface area (Å²) in [6.45, 7) is 2.07. The van der Waals surface area contributed by atoms with Crippen molar-refractivity contribution in [2.45, 2.75) is 19.8 Å². The normalized spacial score (nSPS) is 10.9. The SMILES string of the molecule is CCc1nc(Cc2nc3ccccc3s2)cc(NC)n1. The van der Waals surface area contributed by atoms with E-state index in [2.05, 4.69) is 33.3 Å². The largest absolute Gasteiger partial charge is 0.373 e. The summed E-state index contributed by atoms with van der Waals surface area (Å²) in [4.78, 5) is 13.7. The lowest BCUT2D eigenvalue weighted by molar-refractivity contribution is 0.898. The van der Waals surface area contributed by atoms with Crippen molar-refractivity contribution >= 4 is 27.4 Å². The Bertz CT molecular complexity index is 680. The molecule has 102 valence electrons. The first-order valence-electron chi connectivity index (χ1n) is 6.67. The van der Waals surface area contributed by atoms with Gasteiger partial charge in [0.2, 0.25) is 0 Å². The van der Waals surface area contributed by atoms with Gasteiger partial charge in [0.05, 0.1) is 20.9 Å². The average Bonchev–Trinajstić information content (AvgIpc) is 2.88. The van der Waals surface area contributed by atoms with Gasteiger partial charge in [-0.2, -0.15) is 0 Å². The van der Waals surface area contributed by atoms with Crippen LogP contribution in [0.1, 0.15) is 23.4 Å². The molecule has 0 unspecified atom stereocenters. The van der Waals surface area contributed by atoms with E-state index in [1.54, 1.807) is 11.3 Å². The Morgan fingerprint density at radius 2 is 2.00 bits per heavy atom. The number of hydrogen-bond acceptors (Lipinski definition) is 5. The fraction of sp³-hybridized carbons (Fsp3) is 0.267. The molecule has 1 N–H and O–H groups in total. The van der Waals surface area contributed by atoms with Crippen LogP contribution in [0.5, 0.6) is 0 Å². The zero-order chi connectivity index (χ0) is 13.9. The number of fused-ring (bicyclic) bond motifs is 1. The molecular formula is C15H16N4S. The summed E-state index contributed by atoms with van der Waals surface area (Å²) in [7, 11) is 1.88. The van der Waals surface area contributed by atoms with Crippen molar-refractivity contribution in [3.05, 3.63) is 46.9 Å². The van der Waals surface area contributed by atoms with Crippen LogP contribution in [-0.2, 0) is 12.8 Å². The zero-order valence-corrected chi connectivity index (χ0v) is 12.4. The van der Waals surface area contributed by atoms with Crippen LogP contribution in [0.15, 0.2) is 30.3 Å². The maximum absolute atomic E-state index is 4.66. The maximum Gasteiger partial charge on any atom is 0.130 e. The van der Waals surface area contributed by atoms with Crippen LogP contribution in [0.3, 0.4) is 0 Å². The number of nitrogens with zero attached hydrogens (tertiary/aromatic N) is 3. The van der Waals surface area contributed by atoms with Crippen molar-refractivity contribution in [2.24, 2.45) is 0 Å². The summed E-state index contributed by atoms with van der Waals surface area (Å²) in [5.74, 6) is 1.74. The molecule has 5 heteroatoms. The van der Waals surface area contributed by atoms with E-state index in [-0.39, 0.29) is 0 Å².